The van der Waals surface area contributed by atoms with Crippen LogP contribution in [0.2, 0.25) is 0 Å². The number of rotatable bonds is 11. The number of amidine groups is 1. The lowest BCUT2D eigenvalue weighted by Crippen LogP contribution is -2.57. The first kappa shape index (κ1) is 27.9. The summed E-state index contributed by atoms with van der Waals surface area (Å²) in [5.41, 5.74) is 1.20. The molecule has 1 fully saturated rings. The van der Waals surface area contributed by atoms with Crippen molar-refractivity contribution >= 4 is 29.3 Å². The van der Waals surface area contributed by atoms with E-state index < -0.39 is 35.9 Å². The minimum Gasteiger partial charge on any atom is -0.497 e. The molecule has 2 aromatic carbocycles. The highest BCUT2D eigenvalue weighted by molar-refractivity contribution is 8.14. The topological polar surface area (TPSA) is 116 Å². The number of carboxylic acid groups (broad SMARTS) is 1. The van der Waals surface area contributed by atoms with Crippen LogP contribution in [0.3, 0.4) is 0 Å². The smallest absolute Gasteiger partial charge is 0.413 e. The van der Waals surface area contributed by atoms with Crippen molar-refractivity contribution in [2.75, 3.05) is 20.8 Å². The molecule has 1 saturated heterocycles. The maximum Gasteiger partial charge on any atom is 0.413 e. The Bertz CT molecular complexity index is 1110. The highest BCUT2D eigenvalue weighted by Gasteiger charge is 2.51. The number of fused-ring (bicyclic) bond motifs is 1. The van der Waals surface area contributed by atoms with Gasteiger partial charge in [0.2, 0.25) is 0 Å². The van der Waals surface area contributed by atoms with Gasteiger partial charge in [-0.1, -0.05) is 43.0 Å². The van der Waals surface area contributed by atoms with E-state index in [4.69, 9.17) is 28.7 Å². The molecule has 2 aromatic rings. The molecular formula is C27H32N2O8S. The van der Waals surface area contributed by atoms with Crippen LogP contribution in [-0.2, 0) is 32.2 Å². The highest BCUT2D eigenvalue weighted by Crippen LogP contribution is 2.40. The van der Waals surface area contributed by atoms with Gasteiger partial charge < -0.3 is 33.6 Å². The Kier molecular flexibility index (Phi) is 9.62. The number of hydrogen-bond donors (Lipinski definition) is 1. The van der Waals surface area contributed by atoms with Crippen LogP contribution in [-0.4, -0.2) is 78.1 Å². The van der Waals surface area contributed by atoms with Crippen molar-refractivity contribution in [3.63, 3.8) is 0 Å². The number of carbonyl (C=O) groups is 2. The summed E-state index contributed by atoms with van der Waals surface area (Å²) < 4.78 is 29.1. The number of amides is 1. The molecule has 0 radical (unpaired) electrons. The molecule has 2 aliphatic rings. The van der Waals surface area contributed by atoms with Crippen LogP contribution in [0.25, 0.3) is 0 Å². The predicted octanol–water partition coefficient (Wildman–Crippen LogP) is 3.96. The van der Waals surface area contributed by atoms with Gasteiger partial charge in [0, 0.05) is 6.54 Å². The molecule has 38 heavy (non-hydrogen) atoms. The van der Waals surface area contributed by atoms with Gasteiger partial charge in [-0.05, 0) is 41.8 Å². The fourth-order valence-electron chi connectivity index (χ4n) is 4.29. The van der Waals surface area contributed by atoms with E-state index in [9.17, 15) is 14.7 Å². The minimum atomic E-state index is -1.09. The number of nitrogens with zero attached hydrogens (tertiary/aromatic N) is 2. The van der Waals surface area contributed by atoms with E-state index >= 15 is 0 Å². The van der Waals surface area contributed by atoms with Crippen LogP contribution in [0.4, 0.5) is 4.79 Å². The standard InChI is InChI=1S/C27H32N2O8S/c1-4-13-29(27(31)32)26-28-22-24(36-16-18-7-11-20(34-3)12-8-18)23(21(14-30)37-25(22)38-26)35-15-17-5-9-19(33-2)10-6-17/h5-12,14,21-25H,4,13,15-16H2,1-3H3,(H,31,32)/t21-,22-,23-,24-,25-/m1/s1. The summed E-state index contributed by atoms with van der Waals surface area (Å²) in [5.74, 6) is 1.46. The number of aliphatic imine (C=N–C) groups is 1. The van der Waals surface area contributed by atoms with Gasteiger partial charge >= 0.3 is 6.09 Å². The summed E-state index contributed by atoms with van der Waals surface area (Å²) in [6.45, 7) is 2.64. The monoisotopic (exact) mass is 544 g/mol. The zero-order valence-corrected chi connectivity index (χ0v) is 22.3. The van der Waals surface area contributed by atoms with E-state index in [1.165, 1.54) is 16.7 Å². The van der Waals surface area contributed by atoms with Gasteiger partial charge in [-0.3, -0.25) is 9.89 Å². The van der Waals surface area contributed by atoms with Crippen molar-refractivity contribution < 1.29 is 38.4 Å². The molecule has 10 nitrogen and oxygen atoms in total. The number of carbonyl (C=O) groups excluding carboxylic acids is 1. The molecule has 0 bridgehead atoms. The van der Waals surface area contributed by atoms with Gasteiger partial charge in [0.05, 0.1) is 27.4 Å². The zero-order valence-electron chi connectivity index (χ0n) is 21.5. The molecule has 0 aromatic heterocycles. The van der Waals surface area contributed by atoms with E-state index in [2.05, 4.69) is 0 Å². The SMILES string of the molecule is CCCN(C(=O)O)C1=N[C@@H]2[C@@H](OCc3ccc(OC)cc3)[C@H](OCc3ccc(OC)cc3)[C@@H](C=O)O[C@@H]2S1. The van der Waals surface area contributed by atoms with Gasteiger partial charge in [0.15, 0.2) is 11.5 Å². The average Bonchev–Trinajstić information content (AvgIpc) is 3.37. The molecule has 0 aliphatic carbocycles. The van der Waals surface area contributed by atoms with Crippen LogP contribution < -0.4 is 9.47 Å². The second-order valence-corrected chi connectivity index (χ2v) is 9.87. The summed E-state index contributed by atoms with van der Waals surface area (Å²) in [5, 5.41) is 10.0. The number of methoxy groups -OCH3 is 2. The number of aldehydes is 1. The Morgan fingerprint density at radius 1 is 1.00 bits per heavy atom. The Balaban J connectivity index is 1.59. The quantitative estimate of drug-likeness (QED) is 0.420. The molecular weight excluding hydrogens is 512 g/mol. The molecule has 1 N–H and O–H groups in total. The summed E-state index contributed by atoms with van der Waals surface area (Å²) in [6, 6.07) is 14.3. The number of benzene rings is 2. The number of hydrogen-bond acceptors (Lipinski definition) is 9. The van der Waals surface area contributed by atoms with Crippen LogP contribution in [0.15, 0.2) is 53.5 Å². The lowest BCUT2D eigenvalue weighted by atomic mass is 9.98. The van der Waals surface area contributed by atoms with E-state index in [1.54, 1.807) is 14.2 Å². The summed E-state index contributed by atoms with van der Waals surface area (Å²) in [6.07, 6.45) is -2.09. The molecule has 0 spiro atoms. The molecule has 5 atom stereocenters. The Morgan fingerprint density at radius 3 is 2.03 bits per heavy atom. The second-order valence-electron chi connectivity index (χ2n) is 8.81. The predicted molar refractivity (Wildman–Crippen MR) is 142 cm³/mol. The average molecular weight is 545 g/mol. The van der Waals surface area contributed by atoms with Gasteiger partial charge in [-0.2, -0.15) is 0 Å². The summed E-state index contributed by atoms with van der Waals surface area (Å²) >= 11 is 1.19. The third-order valence-corrected chi connectivity index (χ3v) is 7.44. The first-order valence-electron chi connectivity index (χ1n) is 12.3. The van der Waals surface area contributed by atoms with Crippen molar-refractivity contribution in [2.24, 2.45) is 4.99 Å². The zero-order chi connectivity index (χ0) is 27.1. The van der Waals surface area contributed by atoms with Crippen LogP contribution in [0.5, 0.6) is 11.5 Å². The second kappa shape index (κ2) is 13.1. The van der Waals surface area contributed by atoms with Crippen molar-refractivity contribution in [3.05, 3.63) is 59.7 Å². The molecule has 0 unspecified atom stereocenters. The Morgan fingerprint density at radius 2 is 1.55 bits per heavy atom. The third kappa shape index (κ3) is 6.47. The highest BCUT2D eigenvalue weighted by atomic mass is 32.2. The van der Waals surface area contributed by atoms with Crippen molar-refractivity contribution in [1.29, 1.82) is 0 Å². The number of ether oxygens (including phenoxy) is 5. The largest absolute Gasteiger partial charge is 0.497 e. The lowest BCUT2D eigenvalue weighted by molar-refractivity contribution is -0.193. The first-order chi connectivity index (χ1) is 18.5. The molecule has 0 saturated carbocycles. The minimum absolute atomic E-state index is 0.211. The van der Waals surface area contributed by atoms with E-state index in [-0.39, 0.29) is 13.2 Å². The van der Waals surface area contributed by atoms with Crippen LogP contribution >= 0.6 is 11.8 Å². The third-order valence-electron chi connectivity index (χ3n) is 6.28. The van der Waals surface area contributed by atoms with E-state index in [0.29, 0.717) is 24.4 Å². The van der Waals surface area contributed by atoms with Gasteiger partial charge in [-0.25, -0.2) is 4.79 Å². The molecule has 11 heteroatoms. The van der Waals surface area contributed by atoms with Crippen molar-refractivity contribution in [2.45, 2.75) is 56.3 Å². The maximum absolute atomic E-state index is 12.1. The van der Waals surface area contributed by atoms with E-state index in [0.717, 1.165) is 22.6 Å². The number of thioether (sulfide) groups is 1. The van der Waals surface area contributed by atoms with Gasteiger partial charge in [0.25, 0.3) is 0 Å². The normalized spacial score (nSPS) is 24.3. The maximum atomic E-state index is 12.1. The molecule has 4 rings (SSSR count). The molecule has 2 heterocycles. The van der Waals surface area contributed by atoms with Gasteiger partial charge in [0.1, 0.15) is 41.3 Å². The fourth-order valence-corrected chi connectivity index (χ4v) is 5.52. The fraction of sp³-hybridized carbons (Fsp3) is 0.444. The molecule has 204 valence electrons. The van der Waals surface area contributed by atoms with Crippen molar-refractivity contribution in [3.8, 4) is 11.5 Å². The lowest BCUT2D eigenvalue weighted by Gasteiger charge is -2.40. The summed E-state index contributed by atoms with van der Waals surface area (Å²) in [7, 11) is 3.20. The Hall–Kier alpha value is -3.12. The molecule has 1 amide bonds. The first-order valence-corrected chi connectivity index (χ1v) is 13.2. The summed E-state index contributed by atoms with van der Waals surface area (Å²) in [4.78, 5) is 29.9. The van der Waals surface area contributed by atoms with Crippen LogP contribution in [0.1, 0.15) is 24.5 Å². The van der Waals surface area contributed by atoms with E-state index in [1.807, 2.05) is 55.5 Å². The Labute approximate surface area is 225 Å². The van der Waals surface area contributed by atoms with Crippen molar-refractivity contribution in [1.82, 2.24) is 4.90 Å². The molecule has 2 aliphatic heterocycles. The van der Waals surface area contributed by atoms with Crippen LogP contribution in [0, 0.1) is 0 Å². The van der Waals surface area contributed by atoms with Gasteiger partial charge in [-0.15, -0.1) is 0 Å².